The van der Waals surface area contributed by atoms with Gasteiger partial charge in [-0.05, 0) is 104 Å². The molecule has 2 saturated carbocycles. The summed E-state index contributed by atoms with van der Waals surface area (Å²) in [6.07, 6.45) is 4.39. The first-order valence-electron chi connectivity index (χ1n) is 19.2. The van der Waals surface area contributed by atoms with E-state index in [1.54, 1.807) is 10.9 Å². The van der Waals surface area contributed by atoms with E-state index in [1.807, 2.05) is 0 Å². The molecule has 0 amide bonds. The van der Waals surface area contributed by atoms with Gasteiger partial charge >= 0.3 is 6.18 Å². The Bertz CT molecular complexity index is 1740. The summed E-state index contributed by atoms with van der Waals surface area (Å²) in [5, 5.41) is 43.6. The summed E-state index contributed by atoms with van der Waals surface area (Å²) in [4.78, 5) is 9.52. The summed E-state index contributed by atoms with van der Waals surface area (Å²) in [6.45, 7) is 5.64. The minimum Gasteiger partial charge on any atom is -0.494 e. The molecule has 2 aliphatic heterocycles. The molecule has 53 heavy (non-hydrogen) atoms. The molecule has 4 fully saturated rings. The fourth-order valence-corrected chi connectivity index (χ4v) is 10.1. The number of nitrogens with one attached hydrogen (secondary N) is 1. The van der Waals surface area contributed by atoms with Crippen LogP contribution in [0.3, 0.4) is 0 Å². The molecule has 12 nitrogen and oxygen atoms in total. The number of likely N-dealkylation sites (tertiary alicyclic amines) is 1. The molecule has 4 N–H and O–H groups in total. The van der Waals surface area contributed by atoms with Crippen molar-refractivity contribution in [2.45, 2.75) is 113 Å². The fraction of sp³-hybridized carbons (Fsp3) is 0.684. The van der Waals surface area contributed by atoms with Gasteiger partial charge in [0.1, 0.15) is 35.6 Å². The van der Waals surface area contributed by atoms with E-state index in [2.05, 4.69) is 55.6 Å². The first-order chi connectivity index (χ1) is 25.5. The van der Waals surface area contributed by atoms with Gasteiger partial charge in [-0.2, -0.15) is 13.2 Å². The first-order valence-corrected chi connectivity index (χ1v) is 19.2. The van der Waals surface area contributed by atoms with Crippen LogP contribution in [0.5, 0.6) is 5.75 Å². The monoisotopic (exact) mass is 741 g/mol. The number of piperidine rings is 1. The van der Waals surface area contributed by atoms with Crippen molar-refractivity contribution < 1.29 is 38.0 Å². The van der Waals surface area contributed by atoms with Gasteiger partial charge in [0.25, 0.3) is 0 Å². The van der Waals surface area contributed by atoms with Crippen molar-refractivity contribution in [1.29, 1.82) is 0 Å². The molecular weight excluding hydrogens is 691 g/mol. The Morgan fingerprint density at radius 1 is 1.04 bits per heavy atom. The van der Waals surface area contributed by atoms with Crippen LogP contribution in [0.15, 0.2) is 36.8 Å². The molecular formula is C38H50F3N7O5. The maximum atomic E-state index is 13.0. The zero-order valence-corrected chi connectivity index (χ0v) is 30.0. The second-order valence-corrected chi connectivity index (χ2v) is 16.1. The standard InChI is InChI=1S/C38H50F3N7O5/c1-37-12-9-26-25-6-4-24(17-22(25)3-5-27(26)28(37)7-8-32(37)49)52-16-2-13-47-14-10-23(11-15-47)48-20-29(45-46-48)36-35(51)34(50)30(21-53-36)43-33-19-42-18-31(44-33)38(39,40)41/h4,6,17-20,23,26-28,30,32,34-36,49-51H,2-3,5,7-16,21H2,1H3,(H,43,44)/t26-,27-,28+,30+,32+,34-,35-,36-,37+/m1/s1. The molecule has 8 rings (SSSR count). The van der Waals surface area contributed by atoms with Gasteiger partial charge in [0.15, 0.2) is 5.69 Å². The Morgan fingerprint density at radius 3 is 2.68 bits per heavy atom. The number of hydrogen-bond donors (Lipinski definition) is 4. The van der Waals surface area contributed by atoms with Crippen molar-refractivity contribution in [1.82, 2.24) is 29.9 Å². The number of aryl methyl sites for hydroxylation is 1. The van der Waals surface area contributed by atoms with Crippen LogP contribution in [0.25, 0.3) is 0 Å². The number of fused-ring (bicyclic) bond motifs is 5. The van der Waals surface area contributed by atoms with Crippen LogP contribution in [-0.4, -0.2) is 102 Å². The third kappa shape index (κ3) is 7.27. The minimum absolute atomic E-state index is 0.101. The molecule has 0 radical (unpaired) electrons. The van der Waals surface area contributed by atoms with Crippen molar-refractivity contribution in [3.8, 4) is 5.75 Å². The lowest BCUT2D eigenvalue weighted by Gasteiger charge is -2.50. The van der Waals surface area contributed by atoms with Gasteiger partial charge in [-0.25, -0.2) is 9.67 Å². The molecule has 288 valence electrons. The molecule has 3 aromatic rings. The summed E-state index contributed by atoms with van der Waals surface area (Å²) in [6, 6.07) is 5.96. The van der Waals surface area contributed by atoms with Crippen LogP contribution >= 0.6 is 0 Å². The van der Waals surface area contributed by atoms with Crippen LogP contribution in [0, 0.1) is 17.3 Å². The predicted octanol–water partition coefficient (Wildman–Crippen LogP) is 4.68. The van der Waals surface area contributed by atoms with E-state index < -0.39 is 36.2 Å². The SMILES string of the molecule is C[C@]12CC[C@@H]3c4ccc(OCCCN5CCC(n6cc([C@H]7OC[C@H](Nc8cncc(C(F)(F)F)n8)[C@@H](O)[C@H]7O)nn6)CC5)cc4CC[C@H]3[C@@H]1CC[C@@H]2O. The Labute approximate surface area is 307 Å². The number of halogens is 3. The number of benzene rings is 1. The first kappa shape index (κ1) is 36.6. The van der Waals surface area contributed by atoms with Gasteiger partial charge in [-0.15, -0.1) is 5.10 Å². The number of ether oxygens (including phenoxy) is 2. The largest absolute Gasteiger partial charge is 0.494 e. The molecule has 4 heterocycles. The average Bonchev–Trinajstić information content (AvgIpc) is 3.76. The number of anilines is 1. The van der Waals surface area contributed by atoms with E-state index >= 15 is 0 Å². The molecule has 1 aromatic carbocycles. The molecule has 3 aliphatic carbocycles. The van der Waals surface area contributed by atoms with Crippen LogP contribution in [0.1, 0.15) is 98.9 Å². The maximum absolute atomic E-state index is 13.0. The third-order valence-corrected chi connectivity index (χ3v) is 13.1. The summed E-state index contributed by atoms with van der Waals surface area (Å²) >= 11 is 0. The molecule has 2 aromatic heterocycles. The van der Waals surface area contributed by atoms with Crippen molar-refractivity contribution in [3.63, 3.8) is 0 Å². The zero-order valence-electron chi connectivity index (χ0n) is 30.0. The number of hydrogen-bond acceptors (Lipinski definition) is 11. The van der Waals surface area contributed by atoms with E-state index in [9.17, 15) is 28.5 Å². The smallest absolute Gasteiger partial charge is 0.434 e. The Hall–Kier alpha value is -3.37. The lowest BCUT2D eigenvalue weighted by molar-refractivity contribution is -0.144. The van der Waals surface area contributed by atoms with E-state index in [4.69, 9.17) is 9.47 Å². The van der Waals surface area contributed by atoms with Gasteiger partial charge in [0, 0.05) is 19.6 Å². The highest BCUT2D eigenvalue weighted by Gasteiger charge is 2.54. The molecule has 2 saturated heterocycles. The molecule has 9 atom stereocenters. The van der Waals surface area contributed by atoms with E-state index in [0.29, 0.717) is 36.3 Å². The topological polar surface area (TPSA) is 151 Å². The molecule has 15 heteroatoms. The Morgan fingerprint density at radius 2 is 1.87 bits per heavy atom. The van der Waals surface area contributed by atoms with Gasteiger partial charge < -0.3 is 35.0 Å². The summed E-state index contributed by atoms with van der Waals surface area (Å²) in [7, 11) is 0. The highest BCUT2D eigenvalue weighted by molar-refractivity contribution is 5.41. The Kier molecular flexibility index (Phi) is 10.2. The lowest BCUT2D eigenvalue weighted by atomic mass is 9.55. The van der Waals surface area contributed by atoms with Crippen LogP contribution < -0.4 is 10.1 Å². The minimum atomic E-state index is -4.66. The number of aromatic nitrogens is 5. The number of aliphatic hydroxyl groups is 3. The fourth-order valence-electron chi connectivity index (χ4n) is 10.1. The van der Waals surface area contributed by atoms with E-state index in [1.165, 1.54) is 30.4 Å². The lowest BCUT2D eigenvalue weighted by Crippen LogP contribution is -2.52. The van der Waals surface area contributed by atoms with Gasteiger partial charge in [-0.1, -0.05) is 18.2 Å². The maximum Gasteiger partial charge on any atom is 0.434 e. The van der Waals surface area contributed by atoms with Crippen molar-refractivity contribution in [2.75, 3.05) is 38.2 Å². The Balaban J connectivity index is 0.771. The molecule has 0 spiro atoms. The van der Waals surface area contributed by atoms with Crippen molar-refractivity contribution in [3.05, 3.63) is 59.3 Å². The van der Waals surface area contributed by atoms with E-state index in [-0.39, 0.29) is 30.0 Å². The average molecular weight is 742 g/mol. The molecule has 0 bridgehead atoms. The van der Waals surface area contributed by atoms with Crippen molar-refractivity contribution >= 4 is 5.82 Å². The van der Waals surface area contributed by atoms with Crippen LogP contribution in [0.4, 0.5) is 19.0 Å². The second-order valence-electron chi connectivity index (χ2n) is 16.1. The quantitative estimate of drug-likeness (QED) is 0.227. The summed E-state index contributed by atoms with van der Waals surface area (Å²) < 4.78 is 53.0. The van der Waals surface area contributed by atoms with Crippen molar-refractivity contribution in [2.24, 2.45) is 17.3 Å². The number of aliphatic hydroxyl groups excluding tert-OH is 3. The molecule has 0 unspecified atom stereocenters. The van der Waals surface area contributed by atoms with Gasteiger partial charge in [0.05, 0.1) is 50.0 Å². The van der Waals surface area contributed by atoms with E-state index in [0.717, 1.165) is 70.1 Å². The highest BCUT2D eigenvalue weighted by atomic mass is 19.4. The predicted molar refractivity (Wildman–Crippen MR) is 187 cm³/mol. The third-order valence-electron chi connectivity index (χ3n) is 13.1. The zero-order chi connectivity index (χ0) is 36.9. The number of alkyl halides is 3. The van der Waals surface area contributed by atoms with Gasteiger partial charge in [0.2, 0.25) is 0 Å². The van der Waals surface area contributed by atoms with Crippen LogP contribution in [-0.2, 0) is 17.3 Å². The number of nitrogens with zero attached hydrogens (tertiary/aromatic N) is 6. The normalized spacial score (nSPS) is 33.6. The summed E-state index contributed by atoms with van der Waals surface area (Å²) in [5.41, 5.74) is 2.26. The van der Waals surface area contributed by atoms with Crippen LogP contribution in [0.2, 0.25) is 0 Å². The molecule has 5 aliphatic rings. The number of rotatable bonds is 9. The summed E-state index contributed by atoms with van der Waals surface area (Å²) in [5.74, 6) is 2.71. The van der Waals surface area contributed by atoms with Gasteiger partial charge in [-0.3, -0.25) is 4.98 Å². The highest BCUT2D eigenvalue weighted by Crippen LogP contribution is 2.61. The second kappa shape index (κ2) is 14.7.